The fourth-order valence-electron chi connectivity index (χ4n) is 2.80. The maximum Gasteiger partial charge on any atom is 0.282 e. The second-order valence-electron chi connectivity index (χ2n) is 5.67. The van der Waals surface area contributed by atoms with E-state index in [1.165, 1.54) is 30.3 Å². The first-order valence-corrected chi connectivity index (χ1v) is 8.73. The average molecular weight is 319 g/mol. The van der Waals surface area contributed by atoms with Crippen LogP contribution in [0.5, 0.6) is 0 Å². The number of hydrogen-bond donors (Lipinski definition) is 1. The van der Waals surface area contributed by atoms with Gasteiger partial charge in [-0.25, -0.2) is 0 Å². The molecule has 6 heteroatoms. The number of nitrogens with one attached hydrogen (secondary N) is 1. The summed E-state index contributed by atoms with van der Waals surface area (Å²) >= 11 is 1.28. The molecule has 0 spiro atoms. The van der Waals surface area contributed by atoms with Crippen molar-refractivity contribution in [1.29, 1.82) is 0 Å². The zero-order valence-corrected chi connectivity index (χ0v) is 13.4. The molecule has 2 heterocycles. The van der Waals surface area contributed by atoms with Gasteiger partial charge in [-0.05, 0) is 30.5 Å². The van der Waals surface area contributed by atoms with Crippen molar-refractivity contribution in [3.63, 3.8) is 0 Å². The summed E-state index contributed by atoms with van der Waals surface area (Å²) in [5.41, 5.74) is 2.34. The largest absolute Gasteiger partial charge is 0.372 e. The average Bonchev–Trinajstić information content (AvgIpc) is 3.18. The number of benzene rings is 1. The summed E-state index contributed by atoms with van der Waals surface area (Å²) < 4.78 is 0. The van der Waals surface area contributed by atoms with Crippen LogP contribution in [0.25, 0.3) is 0 Å². The summed E-state index contributed by atoms with van der Waals surface area (Å²) in [5, 5.41) is 2.88. The highest BCUT2D eigenvalue weighted by Gasteiger charge is 2.22. The summed E-state index contributed by atoms with van der Waals surface area (Å²) in [5.74, 6) is 0.684. The van der Waals surface area contributed by atoms with Crippen molar-refractivity contribution >= 4 is 28.6 Å². The molecule has 0 unspecified atom stereocenters. The second kappa shape index (κ2) is 7.05. The van der Waals surface area contributed by atoms with Crippen LogP contribution in [0.3, 0.4) is 0 Å². The third-order valence-corrected chi connectivity index (χ3v) is 4.97. The van der Waals surface area contributed by atoms with Gasteiger partial charge in [0.05, 0.1) is 0 Å². The van der Waals surface area contributed by atoms with E-state index in [1.54, 1.807) is 4.90 Å². The first kappa shape index (κ1) is 15.2. The molecule has 0 atom stereocenters. The van der Waals surface area contributed by atoms with Gasteiger partial charge in [-0.2, -0.15) is 0 Å². The number of anilines is 1. The zero-order chi connectivity index (χ0) is 15.4. The van der Waals surface area contributed by atoms with Crippen LogP contribution in [0.4, 0.5) is 10.5 Å². The molecular weight excluding hydrogens is 298 g/mol. The van der Waals surface area contributed by atoms with Crippen LogP contribution in [0.1, 0.15) is 18.4 Å². The fraction of sp³-hybridized carbons (Fsp3) is 0.500. The van der Waals surface area contributed by atoms with Gasteiger partial charge in [0.2, 0.25) is 5.91 Å². The topological polar surface area (TPSA) is 52.7 Å². The molecule has 2 aliphatic rings. The van der Waals surface area contributed by atoms with E-state index in [0.29, 0.717) is 13.1 Å². The van der Waals surface area contributed by atoms with Crippen molar-refractivity contribution in [2.45, 2.75) is 19.4 Å². The minimum absolute atomic E-state index is 0.00474. The normalized spacial score (nSPS) is 18.1. The Morgan fingerprint density at radius 1 is 1.14 bits per heavy atom. The van der Waals surface area contributed by atoms with E-state index in [2.05, 4.69) is 34.5 Å². The summed E-state index contributed by atoms with van der Waals surface area (Å²) in [6.45, 7) is 3.61. The Morgan fingerprint density at radius 3 is 2.50 bits per heavy atom. The number of thioether (sulfide) groups is 1. The number of nitrogens with zero attached hydrogens (tertiary/aromatic N) is 2. The monoisotopic (exact) mass is 319 g/mol. The van der Waals surface area contributed by atoms with Gasteiger partial charge in [-0.15, -0.1) is 0 Å². The Labute approximate surface area is 135 Å². The molecule has 118 valence electrons. The number of rotatable bonds is 5. The fourth-order valence-corrected chi connectivity index (χ4v) is 3.62. The van der Waals surface area contributed by atoms with Crippen LogP contribution in [0.15, 0.2) is 24.3 Å². The molecular formula is C16H21N3O2S. The third-order valence-electron chi connectivity index (χ3n) is 4.08. The second-order valence-corrected chi connectivity index (χ2v) is 6.72. The van der Waals surface area contributed by atoms with Crippen molar-refractivity contribution < 1.29 is 9.59 Å². The first-order chi connectivity index (χ1) is 10.7. The minimum atomic E-state index is -0.0977. The minimum Gasteiger partial charge on any atom is -0.372 e. The van der Waals surface area contributed by atoms with Crippen LogP contribution in [-0.4, -0.2) is 48.0 Å². The summed E-state index contributed by atoms with van der Waals surface area (Å²) in [6, 6.07) is 8.36. The Kier molecular flexibility index (Phi) is 4.87. The SMILES string of the molecule is O=C(CN1CCSC1=O)NCc1ccc(N2CCCC2)cc1. The van der Waals surface area contributed by atoms with Gasteiger partial charge < -0.3 is 15.1 Å². The zero-order valence-electron chi connectivity index (χ0n) is 12.6. The molecule has 2 aliphatic heterocycles. The molecule has 22 heavy (non-hydrogen) atoms. The molecule has 3 rings (SSSR count). The third kappa shape index (κ3) is 3.74. The molecule has 1 aromatic rings. The van der Waals surface area contributed by atoms with Crippen LogP contribution < -0.4 is 10.2 Å². The summed E-state index contributed by atoms with van der Waals surface area (Å²) in [7, 11) is 0. The molecule has 5 nitrogen and oxygen atoms in total. The standard InChI is InChI=1S/C16H21N3O2S/c20-15(12-19-9-10-22-16(19)21)17-11-13-3-5-14(6-4-13)18-7-1-2-8-18/h3-6H,1-2,7-12H2,(H,17,20). The smallest absolute Gasteiger partial charge is 0.282 e. The van der Waals surface area contributed by atoms with Gasteiger partial charge in [0.25, 0.3) is 5.24 Å². The van der Waals surface area contributed by atoms with Crippen molar-refractivity contribution in [3.05, 3.63) is 29.8 Å². The molecule has 2 saturated heterocycles. The Bertz CT molecular complexity index is 541. The molecule has 0 aliphatic carbocycles. The van der Waals surface area contributed by atoms with Gasteiger partial charge >= 0.3 is 0 Å². The van der Waals surface area contributed by atoms with Gasteiger partial charge in [-0.1, -0.05) is 23.9 Å². The lowest BCUT2D eigenvalue weighted by Gasteiger charge is -2.18. The van der Waals surface area contributed by atoms with Crippen LogP contribution >= 0.6 is 11.8 Å². The van der Waals surface area contributed by atoms with Crippen LogP contribution in [0.2, 0.25) is 0 Å². The lowest BCUT2D eigenvalue weighted by atomic mass is 10.2. The Balaban J connectivity index is 1.46. The quantitative estimate of drug-likeness (QED) is 0.903. The molecule has 2 fully saturated rings. The highest BCUT2D eigenvalue weighted by atomic mass is 32.2. The van der Waals surface area contributed by atoms with Crippen molar-refractivity contribution in [1.82, 2.24) is 10.2 Å². The molecule has 1 aromatic carbocycles. The van der Waals surface area contributed by atoms with E-state index in [4.69, 9.17) is 0 Å². The van der Waals surface area contributed by atoms with E-state index in [0.717, 1.165) is 24.4 Å². The Morgan fingerprint density at radius 2 is 1.86 bits per heavy atom. The van der Waals surface area contributed by atoms with E-state index in [9.17, 15) is 9.59 Å². The maximum atomic E-state index is 11.9. The first-order valence-electron chi connectivity index (χ1n) is 7.75. The maximum absolute atomic E-state index is 11.9. The van der Waals surface area contributed by atoms with E-state index < -0.39 is 0 Å². The number of carbonyl (C=O) groups excluding carboxylic acids is 2. The Hall–Kier alpha value is -1.69. The van der Waals surface area contributed by atoms with E-state index >= 15 is 0 Å². The summed E-state index contributed by atoms with van der Waals surface area (Å²) in [6.07, 6.45) is 2.54. The highest BCUT2D eigenvalue weighted by Crippen LogP contribution is 2.20. The van der Waals surface area contributed by atoms with Crippen molar-refractivity contribution in [3.8, 4) is 0 Å². The molecule has 0 aromatic heterocycles. The highest BCUT2D eigenvalue weighted by molar-refractivity contribution is 8.13. The van der Waals surface area contributed by atoms with Crippen molar-refractivity contribution in [2.24, 2.45) is 0 Å². The molecule has 0 bridgehead atoms. The number of amides is 2. The van der Waals surface area contributed by atoms with Gasteiger partial charge in [0.15, 0.2) is 0 Å². The van der Waals surface area contributed by atoms with Crippen LogP contribution in [0, 0.1) is 0 Å². The van der Waals surface area contributed by atoms with E-state index in [-0.39, 0.29) is 17.7 Å². The van der Waals surface area contributed by atoms with Crippen LogP contribution in [-0.2, 0) is 11.3 Å². The molecule has 0 saturated carbocycles. The lowest BCUT2D eigenvalue weighted by molar-refractivity contribution is -0.121. The predicted octanol–water partition coefficient (Wildman–Crippen LogP) is 2.07. The van der Waals surface area contributed by atoms with Gasteiger partial charge in [0, 0.05) is 37.6 Å². The predicted molar refractivity (Wildman–Crippen MR) is 89.2 cm³/mol. The van der Waals surface area contributed by atoms with Crippen molar-refractivity contribution in [2.75, 3.05) is 36.8 Å². The number of hydrogen-bond acceptors (Lipinski definition) is 4. The number of carbonyl (C=O) groups is 2. The lowest BCUT2D eigenvalue weighted by Crippen LogP contribution is -2.36. The van der Waals surface area contributed by atoms with Gasteiger partial charge in [0.1, 0.15) is 6.54 Å². The van der Waals surface area contributed by atoms with E-state index in [1.807, 2.05) is 0 Å². The summed E-state index contributed by atoms with van der Waals surface area (Å²) in [4.78, 5) is 27.3. The molecule has 2 amide bonds. The molecule has 1 N–H and O–H groups in total. The molecule has 0 radical (unpaired) electrons. The van der Waals surface area contributed by atoms with Gasteiger partial charge in [-0.3, -0.25) is 9.59 Å².